The molecule has 0 unspecified atom stereocenters. The largest absolute Gasteiger partial charge is 0.493 e. The van der Waals surface area contributed by atoms with E-state index in [1.165, 1.54) is 0 Å². The van der Waals surface area contributed by atoms with Crippen LogP contribution in [0, 0.1) is 0 Å². The van der Waals surface area contributed by atoms with E-state index in [1.807, 2.05) is 30.6 Å². The summed E-state index contributed by atoms with van der Waals surface area (Å²) in [5.74, 6) is 3.08. The molecule has 194 valence electrons. The van der Waals surface area contributed by atoms with Crippen LogP contribution in [0.15, 0.2) is 54.9 Å². The average molecular weight is 516 g/mol. The molecule has 2 heterocycles. The van der Waals surface area contributed by atoms with Gasteiger partial charge in [-0.3, -0.25) is 4.90 Å². The number of hydrogen-bond acceptors (Lipinski definition) is 7. The lowest BCUT2D eigenvalue weighted by Crippen LogP contribution is -2.48. The third-order valence-electron chi connectivity index (χ3n) is 6.10. The van der Waals surface area contributed by atoms with Crippen LogP contribution in [0.5, 0.6) is 17.2 Å². The zero-order chi connectivity index (χ0) is 25.4. The molecule has 9 heteroatoms. The van der Waals surface area contributed by atoms with Crippen molar-refractivity contribution >= 4 is 11.6 Å². The second kappa shape index (κ2) is 12.5. The Bertz CT molecular complexity index is 1110. The molecule has 36 heavy (non-hydrogen) atoms. The topological polar surface area (TPSA) is 78.2 Å². The molecular formula is C27H34ClN3O5. The van der Waals surface area contributed by atoms with Gasteiger partial charge in [-0.05, 0) is 42.0 Å². The molecule has 1 fully saturated rings. The van der Waals surface area contributed by atoms with Crippen LogP contribution in [-0.4, -0.2) is 71.8 Å². The number of halogens is 1. The molecule has 1 aliphatic heterocycles. The van der Waals surface area contributed by atoms with Gasteiger partial charge in [0.1, 0.15) is 30.4 Å². The lowest BCUT2D eigenvalue weighted by atomic mass is 10.1. The van der Waals surface area contributed by atoms with Crippen molar-refractivity contribution in [1.82, 2.24) is 14.5 Å². The quantitative estimate of drug-likeness (QED) is 0.416. The third kappa shape index (κ3) is 7.13. The predicted molar refractivity (Wildman–Crippen MR) is 138 cm³/mol. The van der Waals surface area contributed by atoms with Crippen molar-refractivity contribution in [1.29, 1.82) is 0 Å². The second-order valence-electron chi connectivity index (χ2n) is 8.95. The molecule has 2 aromatic carbocycles. The molecule has 1 aromatic heterocycles. The number of methoxy groups -OCH3 is 1. The Balaban J connectivity index is 1.34. The molecule has 8 nitrogen and oxygen atoms in total. The zero-order valence-electron chi connectivity index (χ0n) is 20.9. The van der Waals surface area contributed by atoms with Gasteiger partial charge in [-0.1, -0.05) is 24.6 Å². The zero-order valence-corrected chi connectivity index (χ0v) is 21.6. The fourth-order valence-corrected chi connectivity index (χ4v) is 4.39. The van der Waals surface area contributed by atoms with Crippen molar-refractivity contribution < 1.29 is 24.1 Å². The van der Waals surface area contributed by atoms with Crippen LogP contribution in [0.2, 0.25) is 5.02 Å². The van der Waals surface area contributed by atoms with Gasteiger partial charge < -0.3 is 28.6 Å². The van der Waals surface area contributed by atoms with Gasteiger partial charge in [-0.15, -0.1) is 0 Å². The lowest BCUT2D eigenvalue weighted by Gasteiger charge is -2.30. The van der Waals surface area contributed by atoms with Crippen LogP contribution in [0.25, 0.3) is 0 Å². The maximum atomic E-state index is 11.2. The highest BCUT2D eigenvalue weighted by molar-refractivity contribution is 6.30. The van der Waals surface area contributed by atoms with Crippen molar-refractivity contribution in [3.63, 3.8) is 0 Å². The van der Waals surface area contributed by atoms with E-state index in [-0.39, 0.29) is 13.2 Å². The minimum atomic E-state index is -1.13. The molecule has 1 saturated heterocycles. The Hall–Kier alpha value is -2.78. The van der Waals surface area contributed by atoms with E-state index in [4.69, 9.17) is 30.5 Å². The maximum absolute atomic E-state index is 11.2. The van der Waals surface area contributed by atoms with Gasteiger partial charge in [0.05, 0.1) is 26.9 Å². The molecule has 3 aromatic rings. The summed E-state index contributed by atoms with van der Waals surface area (Å²) in [6.07, 6.45) is 4.66. The summed E-state index contributed by atoms with van der Waals surface area (Å²) in [6, 6.07) is 13.0. The molecule has 1 N–H and O–H groups in total. The smallest absolute Gasteiger partial charge is 0.161 e. The third-order valence-corrected chi connectivity index (χ3v) is 6.36. The Kier molecular flexibility index (Phi) is 9.09. The monoisotopic (exact) mass is 515 g/mol. The molecule has 0 radical (unpaired) electrons. The fraction of sp³-hybridized carbons (Fsp3) is 0.444. The number of nitrogens with zero attached hydrogens (tertiary/aromatic N) is 3. The van der Waals surface area contributed by atoms with Crippen molar-refractivity contribution in [2.24, 2.45) is 0 Å². The van der Waals surface area contributed by atoms with Crippen molar-refractivity contribution in [3.8, 4) is 17.2 Å². The number of benzene rings is 2. The van der Waals surface area contributed by atoms with Gasteiger partial charge in [0.15, 0.2) is 11.5 Å². The average Bonchev–Trinajstić information content (AvgIpc) is 3.26. The van der Waals surface area contributed by atoms with E-state index in [9.17, 15) is 5.11 Å². The highest BCUT2D eigenvalue weighted by Crippen LogP contribution is 2.29. The van der Waals surface area contributed by atoms with Crippen LogP contribution < -0.4 is 14.2 Å². The molecule has 0 spiro atoms. The first-order valence-corrected chi connectivity index (χ1v) is 12.6. The summed E-state index contributed by atoms with van der Waals surface area (Å²) in [5.41, 5.74) is -0.0709. The number of aliphatic hydroxyl groups is 1. The molecule has 4 rings (SSSR count). The van der Waals surface area contributed by atoms with Crippen LogP contribution in [0.3, 0.4) is 0 Å². The Morgan fingerprint density at radius 3 is 2.75 bits per heavy atom. The van der Waals surface area contributed by atoms with Gasteiger partial charge in [-0.25, -0.2) is 4.98 Å². The normalized spacial score (nSPS) is 18.6. The van der Waals surface area contributed by atoms with Gasteiger partial charge in [0.2, 0.25) is 0 Å². The standard InChI is InChI=1S/C27H34ClN3O5/c1-3-26-29-10-11-31(26)13-15-35-24-9-4-21(16-25(24)33-2)17-30-12-14-34-19-27(32,18-30)20-36-23-7-5-22(28)6-8-23/h4-11,16,32H,3,12-15,17-20H2,1-2H3/t27-/m1/s1. The van der Waals surface area contributed by atoms with Crippen LogP contribution in [-0.2, 0) is 24.2 Å². The molecule has 0 saturated carbocycles. The number of hydrogen-bond donors (Lipinski definition) is 1. The highest BCUT2D eigenvalue weighted by Gasteiger charge is 2.33. The van der Waals surface area contributed by atoms with E-state index in [2.05, 4.69) is 21.4 Å². The number of β-amino-alcohol motifs (C(OH)–C–C–N with tert-alkyl or cyclic N) is 1. The number of imidazole rings is 1. The van der Waals surface area contributed by atoms with Crippen LogP contribution in [0.4, 0.5) is 0 Å². The Morgan fingerprint density at radius 1 is 1.14 bits per heavy atom. The minimum Gasteiger partial charge on any atom is -0.493 e. The van der Waals surface area contributed by atoms with E-state index in [0.717, 1.165) is 24.4 Å². The first-order valence-electron chi connectivity index (χ1n) is 12.2. The van der Waals surface area contributed by atoms with Gasteiger partial charge in [0.25, 0.3) is 0 Å². The summed E-state index contributed by atoms with van der Waals surface area (Å²) < 4.78 is 25.2. The number of aromatic nitrogens is 2. The first kappa shape index (κ1) is 26.3. The number of aryl methyl sites for hydroxylation is 1. The predicted octanol–water partition coefficient (Wildman–Crippen LogP) is 3.83. The van der Waals surface area contributed by atoms with Crippen LogP contribution >= 0.6 is 11.6 Å². The highest BCUT2D eigenvalue weighted by atomic mass is 35.5. The molecule has 0 bridgehead atoms. The van der Waals surface area contributed by atoms with Gasteiger partial charge in [-0.2, -0.15) is 0 Å². The summed E-state index contributed by atoms with van der Waals surface area (Å²) in [4.78, 5) is 6.51. The summed E-state index contributed by atoms with van der Waals surface area (Å²) in [5, 5.41) is 11.8. The summed E-state index contributed by atoms with van der Waals surface area (Å²) in [6.45, 7) is 5.96. The van der Waals surface area contributed by atoms with Crippen molar-refractivity contribution in [3.05, 3.63) is 71.3 Å². The Labute approximate surface area is 217 Å². The second-order valence-corrected chi connectivity index (χ2v) is 9.39. The maximum Gasteiger partial charge on any atom is 0.161 e. The van der Waals surface area contributed by atoms with E-state index in [0.29, 0.717) is 55.1 Å². The van der Waals surface area contributed by atoms with E-state index >= 15 is 0 Å². The Morgan fingerprint density at radius 2 is 1.97 bits per heavy atom. The van der Waals surface area contributed by atoms with Crippen LogP contribution in [0.1, 0.15) is 18.3 Å². The fourth-order valence-electron chi connectivity index (χ4n) is 4.27. The van der Waals surface area contributed by atoms with Crippen molar-refractivity contribution in [2.45, 2.75) is 32.0 Å². The molecule has 1 atom stereocenters. The molecule has 0 amide bonds. The van der Waals surface area contributed by atoms with E-state index in [1.54, 1.807) is 31.4 Å². The first-order chi connectivity index (χ1) is 17.5. The molecule has 1 aliphatic rings. The summed E-state index contributed by atoms with van der Waals surface area (Å²) in [7, 11) is 1.64. The number of ether oxygens (including phenoxy) is 4. The van der Waals surface area contributed by atoms with E-state index < -0.39 is 5.60 Å². The molecular weight excluding hydrogens is 482 g/mol. The molecule has 0 aliphatic carbocycles. The summed E-state index contributed by atoms with van der Waals surface area (Å²) >= 11 is 5.94. The van der Waals surface area contributed by atoms with Crippen molar-refractivity contribution in [2.75, 3.05) is 46.6 Å². The number of rotatable bonds is 11. The van der Waals surface area contributed by atoms with Gasteiger partial charge >= 0.3 is 0 Å². The SMILES string of the molecule is CCc1nccn1CCOc1ccc(CN2CCOC[C@@](O)(COc3ccc(Cl)cc3)C2)cc1OC. The lowest BCUT2D eigenvalue weighted by molar-refractivity contribution is -0.0646. The minimum absolute atomic E-state index is 0.123. The van der Waals surface area contributed by atoms with Gasteiger partial charge in [0, 0.05) is 43.5 Å².